The predicted octanol–water partition coefficient (Wildman–Crippen LogP) is -4.34. The first-order valence-electron chi connectivity index (χ1n) is 17.6. The summed E-state index contributed by atoms with van der Waals surface area (Å²) in [6.45, 7) is -0.0234. The van der Waals surface area contributed by atoms with Crippen LogP contribution in [0.25, 0.3) is 11.1 Å². The van der Waals surface area contributed by atoms with Crippen LogP contribution in [0.4, 0.5) is 0 Å². The van der Waals surface area contributed by atoms with Gasteiger partial charge in [-0.1, -0.05) is 30.3 Å². The van der Waals surface area contributed by atoms with Crippen LogP contribution in [0.3, 0.4) is 0 Å². The third-order valence-electron chi connectivity index (χ3n) is 8.81. The van der Waals surface area contributed by atoms with Crippen LogP contribution in [0, 0.1) is 0 Å². The number of hydrogen-bond acceptors (Lipinski definition) is 13. The van der Waals surface area contributed by atoms with Crippen LogP contribution >= 0.6 is 0 Å². The van der Waals surface area contributed by atoms with Gasteiger partial charge in [0, 0.05) is 52.0 Å². The van der Waals surface area contributed by atoms with Crippen LogP contribution in [-0.4, -0.2) is 120 Å². The Labute approximate surface area is 308 Å². The maximum Gasteiger partial charge on any atom is 0.243 e. The van der Waals surface area contributed by atoms with Crippen molar-refractivity contribution in [2.45, 2.75) is 80.9 Å². The van der Waals surface area contributed by atoms with Crippen LogP contribution < -0.4 is 55.3 Å². The number of aliphatic hydroxyl groups excluding tert-OH is 2. The normalized spacial score (nSPS) is 19.9. The average molecular weight is 743 g/mol. The molecule has 0 aromatic heterocycles. The number of carbonyl (C=O) groups excluding carboxylic acids is 5. The SMILES string of the molecule is NCC(O)CNC(=O)[C@@H](N)CCCNC(=O)[C@@H](N)CCNC(=O)[C@@H]1Cc2cccc(c2)-c2ccc(O)c(c2)C[C@H](N)C(=O)N[C@@H](C[C@@H](O)CN)C(=O)N1. The zero-order valence-corrected chi connectivity index (χ0v) is 29.6. The molecule has 18 nitrogen and oxygen atoms in total. The highest BCUT2D eigenvalue weighted by Gasteiger charge is 2.30. The Bertz CT molecular complexity index is 1560. The van der Waals surface area contributed by atoms with E-state index < -0.39 is 72.0 Å². The van der Waals surface area contributed by atoms with Gasteiger partial charge in [-0.05, 0) is 53.6 Å². The minimum atomic E-state index is -1.30. The number of nitrogens with two attached hydrogens (primary N) is 5. The molecule has 18 heteroatoms. The summed E-state index contributed by atoms with van der Waals surface area (Å²) in [6.07, 6.45) is -1.57. The molecule has 0 aliphatic carbocycles. The first kappa shape index (κ1) is 42.7. The highest BCUT2D eigenvalue weighted by Crippen LogP contribution is 2.28. The monoisotopic (exact) mass is 742 g/mol. The van der Waals surface area contributed by atoms with Gasteiger partial charge >= 0.3 is 0 Å². The molecule has 2 aromatic rings. The molecule has 5 amide bonds. The number of phenolic OH excluding ortho intramolecular Hbond substituents is 1. The quantitative estimate of drug-likeness (QED) is 0.0725. The lowest BCUT2D eigenvalue weighted by Crippen LogP contribution is -2.57. The maximum absolute atomic E-state index is 13.6. The molecule has 0 saturated heterocycles. The second kappa shape index (κ2) is 21.1. The average Bonchev–Trinajstić information content (AvgIpc) is 3.14. The number of rotatable bonds is 16. The van der Waals surface area contributed by atoms with Crippen molar-refractivity contribution in [2.24, 2.45) is 28.7 Å². The molecule has 1 heterocycles. The number of amides is 5. The molecule has 7 atom stereocenters. The lowest BCUT2D eigenvalue weighted by molar-refractivity contribution is -0.133. The highest BCUT2D eigenvalue weighted by molar-refractivity contribution is 5.93. The molecule has 1 aliphatic heterocycles. The molecular weight excluding hydrogens is 688 g/mol. The lowest BCUT2D eigenvalue weighted by atomic mass is 9.96. The van der Waals surface area contributed by atoms with Crippen LogP contribution in [0.15, 0.2) is 42.5 Å². The minimum absolute atomic E-state index is 0.000666. The van der Waals surface area contributed by atoms with Gasteiger partial charge in [-0.2, -0.15) is 0 Å². The van der Waals surface area contributed by atoms with Crippen molar-refractivity contribution in [3.05, 3.63) is 53.6 Å². The summed E-state index contributed by atoms with van der Waals surface area (Å²) in [7, 11) is 0. The Morgan fingerprint density at radius 3 is 2.21 bits per heavy atom. The van der Waals surface area contributed by atoms with Gasteiger partial charge in [0.15, 0.2) is 0 Å². The highest BCUT2D eigenvalue weighted by atomic mass is 16.3. The van der Waals surface area contributed by atoms with E-state index in [9.17, 15) is 39.3 Å². The zero-order valence-electron chi connectivity index (χ0n) is 29.6. The Morgan fingerprint density at radius 1 is 0.811 bits per heavy atom. The Balaban J connectivity index is 1.67. The summed E-state index contributed by atoms with van der Waals surface area (Å²) in [5.74, 6) is -3.03. The summed E-state index contributed by atoms with van der Waals surface area (Å²) >= 11 is 0. The molecule has 0 fully saturated rings. The Hall–Kier alpha value is -4.69. The van der Waals surface area contributed by atoms with E-state index in [0.29, 0.717) is 17.5 Å². The first-order valence-corrected chi connectivity index (χ1v) is 17.6. The van der Waals surface area contributed by atoms with Crippen molar-refractivity contribution in [3.63, 3.8) is 0 Å². The second-order valence-electron chi connectivity index (χ2n) is 13.2. The molecule has 1 unspecified atom stereocenters. The van der Waals surface area contributed by atoms with Gasteiger partial charge in [-0.15, -0.1) is 0 Å². The lowest BCUT2D eigenvalue weighted by Gasteiger charge is -2.25. The van der Waals surface area contributed by atoms with Crippen LogP contribution in [0.5, 0.6) is 5.75 Å². The van der Waals surface area contributed by atoms with Gasteiger partial charge in [-0.3, -0.25) is 24.0 Å². The largest absolute Gasteiger partial charge is 0.508 e. The Kier molecular flexibility index (Phi) is 17.0. The molecule has 4 bridgehead atoms. The van der Waals surface area contributed by atoms with E-state index in [1.54, 1.807) is 24.3 Å². The summed E-state index contributed by atoms with van der Waals surface area (Å²) in [5, 5.41) is 43.4. The number of phenols is 1. The van der Waals surface area contributed by atoms with Gasteiger partial charge < -0.3 is 70.6 Å². The summed E-state index contributed by atoms with van der Waals surface area (Å²) in [4.78, 5) is 64.9. The van der Waals surface area contributed by atoms with Gasteiger partial charge in [0.1, 0.15) is 17.8 Å². The fourth-order valence-corrected chi connectivity index (χ4v) is 5.57. The van der Waals surface area contributed by atoms with E-state index in [1.807, 2.05) is 12.1 Å². The third kappa shape index (κ3) is 13.7. The van der Waals surface area contributed by atoms with Gasteiger partial charge in [0.05, 0.1) is 30.3 Å². The molecule has 18 N–H and O–H groups in total. The number of carbonyl (C=O) groups is 5. The van der Waals surface area contributed by atoms with Crippen LogP contribution in [-0.2, 0) is 36.8 Å². The van der Waals surface area contributed by atoms with Crippen molar-refractivity contribution in [1.29, 1.82) is 0 Å². The number of aliphatic hydroxyl groups is 2. The van der Waals surface area contributed by atoms with E-state index in [0.717, 1.165) is 11.1 Å². The van der Waals surface area contributed by atoms with Gasteiger partial charge in [-0.25, -0.2) is 0 Å². The van der Waals surface area contributed by atoms with Crippen molar-refractivity contribution in [3.8, 4) is 16.9 Å². The topological polar surface area (TPSA) is 336 Å². The van der Waals surface area contributed by atoms with Crippen molar-refractivity contribution >= 4 is 29.5 Å². The standard InChI is InChI=1S/C35H54N10O8/c36-16-23(46)15-29-35(53)45-28(12-19-3-1-4-20(11-19)21-6-7-30(48)22(13-21)14-27(40)33(51)44-29)34(52)42-10-8-26(39)31(49)41-9-2-5-25(38)32(50)43-18-24(47)17-37/h1,3-4,6-7,11,13,23-29,46-48H,2,5,8-10,12,14-18,36-40H2,(H,41,49)(H,42,52)(H,43,50)(H,44,51)(H,45,53)/t23-,24?,25+,26+,27+,28+,29+/m1/s1. The Morgan fingerprint density at radius 2 is 1.49 bits per heavy atom. The van der Waals surface area contributed by atoms with E-state index in [-0.39, 0.29) is 70.6 Å². The van der Waals surface area contributed by atoms with E-state index in [1.165, 1.54) is 6.07 Å². The summed E-state index contributed by atoms with van der Waals surface area (Å²) in [6, 6.07) is 6.76. The molecule has 53 heavy (non-hydrogen) atoms. The van der Waals surface area contributed by atoms with E-state index >= 15 is 0 Å². The second-order valence-corrected chi connectivity index (χ2v) is 13.2. The third-order valence-corrected chi connectivity index (χ3v) is 8.81. The molecule has 2 aromatic carbocycles. The fraction of sp³-hybridized carbons (Fsp3) is 0.514. The van der Waals surface area contributed by atoms with Crippen LogP contribution in [0.2, 0.25) is 0 Å². The summed E-state index contributed by atoms with van der Waals surface area (Å²) in [5.41, 5.74) is 31.6. The fourth-order valence-electron chi connectivity index (χ4n) is 5.57. The number of hydrogen-bond donors (Lipinski definition) is 13. The molecule has 0 saturated carbocycles. The molecule has 1 aliphatic rings. The molecular formula is C35H54N10O8. The number of benzene rings is 2. The van der Waals surface area contributed by atoms with Crippen molar-refractivity contribution in [1.82, 2.24) is 26.6 Å². The zero-order chi connectivity index (χ0) is 39.1. The molecule has 0 spiro atoms. The number of nitrogens with one attached hydrogen (secondary N) is 5. The van der Waals surface area contributed by atoms with Gasteiger partial charge in [0.25, 0.3) is 0 Å². The van der Waals surface area contributed by atoms with Crippen LogP contribution in [0.1, 0.15) is 36.8 Å². The summed E-state index contributed by atoms with van der Waals surface area (Å²) < 4.78 is 0. The van der Waals surface area contributed by atoms with E-state index in [4.69, 9.17) is 28.7 Å². The van der Waals surface area contributed by atoms with Gasteiger partial charge in [0.2, 0.25) is 29.5 Å². The number of aromatic hydroxyl groups is 1. The first-order chi connectivity index (χ1) is 25.2. The van der Waals surface area contributed by atoms with Crippen molar-refractivity contribution in [2.75, 3.05) is 32.7 Å². The number of fused-ring (bicyclic) bond motifs is 5. The molecule has 3 rings (SSSR count). The molecule has 0 radical (unpaired) electrons. The van der Waals surface area contributed by atoms with E-state index in [2.05, 4.69) is 26.6 Å². The predicted molar refractivity (Wildman–Crippen MR) is 196 cm³/mol. The van der Waals surface area contributed by atoms with Crippen molar-refractivity contribution < 1.29 is 39.3 Å². The maximum atomic E-state index is 13.6. The minimum Gasteiger partial charge on any atom is -0.508 e. The smallest absolute Gasteiger partial charge is 0.243 e. The molecule has 292 valence electrons.